The Labute approximate surface area is 126 Å². The van der Waals surface area contributed by atoms with E-state index in [0.29, 0.717) is 6.54 Å². The second-order valence-electron chi connectivity index (χ2n) is 5.59. The van der Waals surface area contributed by atoms with E-state index >= 15 is 0 Å². The molecule has 0 amide bonds. The number of alkyl halides is 1. The van der Waals surface area contributed by atoms with E-state index in [2.05, 4.69) is 64.3 Å². The van der Waals surface area contributed by atoms with E-state index < -0.39 is 0 Å². The van der Waals surface area contributed by atoms with Crippen LogP contribution in [0.3, 0.4) is 0 Å². The smallest absolute Gasteiger partial charge is 0.114 e. The fourth-order valence-electron chi connectivity index (χ4n) is 1.61. The van der Waals surface area contributed by atoms with Gasteiger partial charge in [0.05, 0.1) is 29.0 Å². The molecule has 6 heteroatoms. The van der Waals surface area contributed by atoms with Crippen LogP contribution >= 0.6 is 27.3 Å². The van der Waals surface area contributed by atoms with Gasteiger partial charge in [-0.05, 0) is 6.42 Å². The largest absolute Gasteiger partial charge is 0.245 e. The number of thiazole rings is 1. The molecule has 0 saturated heterocycles. The summed E-state index contributed by atoms with van der Waals surface area (Å²) in [6, 6.07) is 0. The quantitative estimate of drug-likeness (QED) is 0.790. The van der Waals surface area contributed by atoms with E-state index in [1.807, 2.05) is 10.9 Å². The molecule has 19 heavy (non-hydrogen) atoms. The average molecular weight is 343 g/mol. The summed E-state index contributed by atoms with van der Waals surface area (Å²) in [4.78, 5) is 4.95. The third-order valence-electron chi connectivity index (χ3n) is 2.85. The maximum Gasteiger partial charge on any atom is 0.114 e. The zero-order chi connectivity index (χ0) is 14.0. The Hall–Kier alpha value is -0.750. The van der Waals surface area contributed by atoms with Crippen LogP contribution in [0, 0.1) is 0 Å². The highest BCUT2D eigenvalue weighted by Gasteiger charge is 2.18. The molecule has 0 aromatic carbocycles. The molecule has 1 atom stereocenters. The maximum atomic E-state index is 4.67. The summed E-state index contributed by atoms with van der Waals surface area (Å²) < 4.78 is 1.85. The number of hydrogen-bond acceptors (Lipinski definition) is 4. The van der Waals surface area contributed by atoms with Crippen LogP contribution in [0.5, 0.6) is 0 Å². The molecule has 2 rings (SSSR count). The standard InChI is InChI=1S/C13H19BrN4S/c1-5-9(14)10-6-18(17-16-10)7-12-15-11(8-19-12)13(2,3)4/h6,8-9H,5,7H2,1-4H3. The molecular weight excluding hydrogens is 324 g/mol. The lowest BCUT2D eigenvalue weighted by atomic mass is 9.93. The van der Waals surface area contributed by atoms with Crippen molar-refractivity contribution in [3.05, 3.63) is 28.0 Å². The zero-order valence-corrected chi connectivity index (χ0v) is 14.1. The van der Waals surface area contributed by atoms with Gasteiger partial charge < -0.3 is 0 Å². The lowest BCUT2D eigenvalue weighted by molar-refractivity contribution is 0.566. The molecule has 0 saturated carbocycles. The number of nitrogens with zero attached hydrogens (tertiary/aromatic N) is 4. The Balaban J connectivity index is 2.09. The number of halogens is 1. The zero-order valence-electron chi connectivity index (χ0n) is 11.7. The number of rotatable bonds is 4. The van der Waals surface area contributed by atoms with E-state index in [4.69, 9.17) is 0 Å². The molecule has 2 aromatic heterocycles. The van der Waals surface area contributed by atoms with Crippen molar-refractivity contribution in [2.45, 2.75) is 50.9 Å². The molecule has 0 bridgehead atoms. The molecule has 0 radical (unpaired) electrons. The van der Waals surface area contributed by atoms with Crippen molar-refractivity contribution in [1.29, 1.82) is 0 Å². The van der Waals surface area contributed by atoms with Gasteiger partial charge in [0, 0.05) is 10.8 Å². The summed E-state index contributed by atoms with van der Waals surface area (Å²) >= 11 is 5.27. The van der Waals surface area contributed by atoms with Gasteiger partial charge in [-0.2, -0.15) is 0 Å². The fourth-order valence-corrected chi connectivity index (χ4v) is 2.83. The van der Waals surface area contributed by atoms with Gasteiger partial charge in [0.1, 0.15) is 5.01 Å². The molecule has 0 aliphatic carbocycles. The van der Waals surface area contributed by atoms with E-state index in [0.717, 1.165) is 22.8 Å². The van der Waals surface area contributed by atoms with Gasteiger partial charge in [0.25, 0.3) is 0 Å². The maximum absolute atomic E-state index is 4.67. The summed E-state index contributed by atoms with van der Waals surface area (Å²) in [5, 5.41) is 11.5. The molecule has 0 aliphatic heterocycles. The van der Waals surface area contributed by atoms with E-state index in [1.165, 1.54) is 0 Å². The lowest BCUT2D eigenvalue weighted by Gasteiger charge is -2.14. The Morgan fingerprint density at radius 2 is 2.16 bits per heavy atom. The molecule has 0 fully saturated rings. The van der Waals surface area contributed by atoms with Crippen LogP contribution in [0.2, 0.25) is 0 Å². The van der Waals surface area contributed by atoms with E-state index in [-0.39, 0.29) is 10.2 Å². The lowest BCUT2D eigenvalue weighted by Crippen LogP contribution is -2.12. The highest BCUT2D eigenvalue weighted by Crippen LogP contribution is 2.25. The minimum absolute atomic E-state index is 0.103. The summed E-state index contributed by atoms with van der Waals surface area (Å²) in [6.07, 6.45) is 2.99. The van der Waals surface area contributed by atoms with E-state index in [1.54, 1.807) is 11.3 Å². The van der Waals surface area contributed by atoms with Crippen LogP contribution in [-0.4, -0.2) is 20.0 Å². The molecule has 0 aliphatic rings. The first-order valence-electron chi connectivity index (χ1n) is 6.39. The van der Waals surface area contributed by atoms with Gasteiger partial charge in [-0.25, -0.2) is 9.67 Å². The molecule has 104 valence electrons. The van der Waals surface area contributed by atoms with Crippen molar-refractivity contribution in [2.24, 2.45) is 0 Å². The van der Waals surface area contributed by atoms with Crippen LogP contribution in [0.1, 0.15) is 55.3 Å². The van der Waals surface area contributed by atoms with Gasteiger partial charge in [-0.15, -0.1) is 16.4 Å². The number of hydrogen-bond donors (Lipinski definition) is 0. The Kier molecular flexibility index (Phi) is 4.40. The SMILES string of the molecule is CCC(Br)c1cn(Cc2nc(C(C)(C)C)cs2)nn1. The van der Waals surface area contributed by atoms with Crippen LogP contribution in [-0.2, 0) is 12.0 Å². The van der Waals surface area contributed by atoms with Crippen molar-refractivity contribution in [2.75, 3.05) is 0 Å². The molecule has 2 heterocycles. The molecular formula is C13H19BrN4S. The minimum Gasteiger partial charge on any atom is -0.245 e. The van der Waals surface area contributed by atoms with Crippen LogP contribution in [0.15, 0.2) is 11.6 Å². The Morgan fingerprint density at radius 3 is 2.74 bits per heavy atom. The first kappa shape index (κ1) is 14.7. The topological polar surface area (TPSA) is 43.6 Å². The predicted molar refractivity (Wildman–Crippen MR) is 81.9 cm³/mol. The highest BCUT2D eigenvalue weighted by atomic mass is 79.9. The number of aromatic nitrogens is 4. The average Bonchev–Trinajstić information content (AvgIpc) is 2.97. The second kappa shape index (κ2) is 5.71. The van der Waals surface area contributed by atoms with Gasteiger partial charge in [-0.3, -0.25) is 0 Å². The molecule has 2 aromatic rings. The Morgan fingerprint density at radius 1 is 1.42 bits per heavy atom. The molecule has 4 nitrogen and oxygen atoms in total. The Bertz CT molecular complexity index is 541. The first-order chi connectivity index (χ1) is 8.90. The van der Waals surface area contributed by atoms with Crippen LogP contribution < -0.4 is 0 Å². The van der Waals surface area contributed by atoms with Gasteiger partial charge >= 0.3 is 0 Å². The molecule has 0 spiro atoms. The molecule has 1 unspecified atom stereocenters. The fraction of sp³-hybridized carbons (Fsp3) is 0.615. The highest BCUT2D eigenvalue weighted by molar-refractivity contribution is 9.09. The van der Waals surface area contributed by atoms with Gasteiger partial charge in [0.2, 0.25) is 0 Å². The third kappa shape index (κ3) is 3.63. The summed E-state index contributed by atoms with van der Waals surface area (Å²) in [6.45, 7) is 9.34. The van der Waals surface area contributed by atoms with Crippen LogP contribution in [0.4, 0.5) is 0 Å². The summed E-state index contributed by atoms with van der Waals surface area (Å²) in [5.41, 5.74) is 2.22. The third-order valence-corrected chi connectivity index (χ3v) is 4.80. The summed E-state index contributed by atoms with van der Waals surface area (Å²) in [7, 11) is 0. The van der Waals surface area contributed by atoms with Crippen molar-refractivity contribution in [3.63, 3.8) is 0 Å². The molecule has 0 N–H and O–H groups in total. The van der Waals surface area contributed by atoms with Crippen molar-refractivity contribution >= 4 is 27.3 Å². The monoisotopic (exact) mass is 342 g/mol. The summed E-state index contributed by atoms with van der Waals surface area (Å²) in [5.74, 6) is 0. The van der Waals surface area contributed by atoms with Crippen molar-refractivity contribution in [1.82, 2.24) is 20.0 Å². The first-order valence-corrected chi connectivity index (χ1v) is 8.18. The van der Waals surface area contributed by atoms with Gasteiger partial charge in [0.15, 0.2) is 0 Å². The van der Waals surface area contributed by atoms with E-state index in [9.17, 15) is 0 Å². The predicted octanol–water partition coefficient (Wildman–Crippen LogP) is 3.93. The normalized spacial score (nSPS) is 13.7. The van der Waals surface area contributed by atoms with Crippen molar-refractivity contribution < 1.29 is 0 Å². The second-order valence-corrected chi connectivity index (χ2v) is 7.64. The van der Waals surface area contributed by atoms with Crippen LogP contribution in [0.25, 0.3) is 0 Å². The van der Waals surface area contributed by atoms with Gasteiger partial charge in [-0.1, -0.05) is 48.8 Å². The van der Waals surface area contributed by atoms with Crippen molar-refractivity contribution in [3.8, 4) is 0 Å². The minimum atomic E-state index is 0.103.